The molecule has 0 aliphatic carbocycles. The fourth-order valence-electron chi connectivity index (χ4n) is 3.92. The molecule has 2 aromatic rings. The molecule has 0 spiro atoms. The predicted octanol–water partition coefficient (Wildman–Crippen LogP) is 4.01. The average Bonchev–Trinajstić information content (AvgIpc) is 2.74. The summed E-state index contributed by atoms with van der Waals surface area (Å²) in [5, 5.41) is 3.69. The van der Waals surface area contributed by atoms with Crippen LogP contribution < -0.4 is 11.1 Å². The number of nitrogens with two attached hydrogens (primary N) is 1. The van der Waals surface area contributed by atoms with E-state index in [0.717, 1.165) is 23.4 Å². The fourth-order valence-corrected chi connectivity index (χ4v) is 4.05. The first-order valence-electron chi connectivity index (χ1n) is 10.5. The molecule has 0 saturated carbocycles. The van der Waals surface area contributed by atoms with Crippen LogP contribution in [0, 0.1) is 5.92 Å². The SMILES string of the molecule is CC(C)C(NC(=O)Cc1ccc(N)cc1)C(=O)N1CCC(c2ccc(Cl)cc2)CC1. The average molecular weight is 428 g/mol. The lowest BCUT2D eigenvalue weighted by Crippen LogP contribution is -2.53. The molecule has 0 aromatic heterocycles. The van der Waals surface area contributed by atoms with E-state index in [1.807, 2.05) is 43.0 Å². The highest BCUT2D eigenvalue weighted by molar-refractivity contribution is 6.30. The van der Waals surface area contributed by atoms with Crippen molar-refractivity contribution < 1.29 is 9.59 Å². The van der Waals surface area contributed by atoms with Crippen LogP contribution in [0.5, 0.6) is 0 Å². The summed E-state index contributed by atoms with van der Waals surface area (Å²) in [5.74, 6) is 0.305. The number of benzene rings is 2. The number of carbonyl (C=O) groups excluding carboxylic acids is 2. The molecule has 6 heteroatoms. The quantitative estimate of drug-likeness (QED) is 0.684. The lowest BCUT2D eigenvalue weighted by atomic mass is 9.89. The Kier molecular flexibility index (Phi) is 7.38. The number of hydrogen-bond donors (Lipinski definition) is 2. The Morgan fingerprint density at radius 3 is 2.23 bits per heavy atom. The number of nitrogens with zero attached hydrogens (tertiary/aromatic N) is 1. The van der Waals surface area contributed by atoms with Crippen molar-refractivity contribution >= 4 is 29.1 Å². The molecule has 0 bridgehead atoms. The fraction of sp³-hybridized carbons (Fsp3) is 0.417. The largest absolute Gasteiger partial charge is 0.399 e. The monoisotopic (exact) mass is 427 g/mol. The third-order valence-corrected chi connectivity index (χ3v) is 5.99. The molecular weight excluding hydrogens is 398 g/mol. The second-order valence-corrected chi connectivity index (χ2v) is 8.80. The molecule has 2 aromatic carbocycles. The van der Waals surface area contributed by atoms with Crippen LogP contribution in [0.25, 0.3) is 0 Å². The summed E-state index contributed by atoms with van der Waals surface area (Å²) >= 11 is 5.99. The van der Waals surface area contributed by atoms with E-state index in [2.05, 4.69) is 17.4 Å². The van der Waals surface area contributed by atoms with Gasteiger partial charge in [0.05, 0.1) is 6.42 Å². The molecule has 5 nitrogen and oxygen atoms in total. The van der Waals surface area contributed by atoms with E-state index in [1.165, 1.54) is 5.56 Å². The number of anilines is 1. The van der Waals surface area contributed by atoms with Gasteiger partial charge in [-0.15, -0.1) is 0 Å². The Bertz CT molecular complexity index is 857. The van der Waals surface area contributed by atoms with Gasteiger partial charge < -0.3 is 16.0 Å². The van der Waals surface area contributed by atoms with Crippen molar-refractivity contribution in [2.45, 2.75) is 45.1 Å². The first-order valence-corrected chi connectivity index (χ1v) is 10.9. The predicted molar refractivity (Wildman–Crippen MR) is 121 cm³/mol. The number of nitrogen functional groups attached to an aromatic ring is 1. The van der Waals surface area contributed by atoms with E-state index in [9.17, 15) is 9.59 Å². The Hall–Kier alpha value is -2.53. The summed E-state index contributed by atoms with van der Waals surface area (Å²) in [5.41, 5.74) is 8.50. The smallest absolute Gasteiger partial charge is 0.245 e. The summed E-state index contributed by atoms with van der Waals surface area (Å²) in [6.45, 7) is 5.32. The van der Waals surface area contributed by atoms with Crippen LogP contribution in [0.15, 0.2) is 48.5 Å². The zero-order chi connectivity index (χ0) is 21.7. The number of amides is 2. The molecule has 1 aliphatic rings. The number of halogens is 1. The molecule has 30 heavy (non-hydrogen) atoms. The van der Waals surface area contributed by atoms with Crippen molar-refractivity contribution in [3.63, 3.8) is 0 Å². The van der Waals surface area contributed by atoms with E-state index >= 15 is 0 Å². The van der Waals surface area contributed by atoms with Gasteiger partial charge in [-0.3, -0.25) is 9.59 Å². The van der Waals surface area contributed by atoms with Crippen LogP contribution >= 0.6 is 11.6 Å². The van der Waals surface area contributed by atoms with Crippen molar-refractivity contribution in [2.24, 2.45) is 5.92 Å². The maximum atomic E-state index is 13.1. The van der Waals surface area contributed by atoms with Gasteiger partial charge in [0.25, 0.3) is 0 Å². The molecule has 1 heterocycles. The minimum atomic E-state index is -0.515. The molecule has 1 saturated heterocycles. The first-order chi connectivity index (χ1) is 14.3. The van der Waals surface area contributed by atoms with E-state index in [-0.39, 0.29) is 24.2 Å². The van der Waals surface area contributed by atoms with Crippen LogP contribution in [-0.2, 0) is 16.0 Å². The van der Waals surface area contributed by atoms with Crippen LogP contribution in [-0.4, -0.2) is 35.8 Å². The second kappa shape index (κ2) is 9.98. The number of likely N-dealkylation sites (tertiary alicyclic amines) is 1. The van der Waals surface area contributed by atoms with Crippen LogP contribution in [0.3, 0.4) is 0 Å². The maximum absolute atomic E-state index is 13.1. The van der Waals surface area contributed by atoms with Crippen molar-refractivity contribution in [1.29, 1.82) is 0 Å². The molecule has 2 amide bonds. The lowest BCUT2D eigenvalue weighted by Gasteiger charge is -2.35. The van der Waals surface area contributed by atoms with Crippen molar-refractivity contribution in [3.8, 4) is 0 Å². The molecular formula is C24H30ClN3O2. The standard InChI is InChI=1S/C24H30ClN3O2/c1-16(2)23(27-22(29)15-17-3-9-21(26)10-4-17)24(30)28-13-11-19(12-14-28)18-5-7-20(25)8-6-18/h3-10,16,19,23H,11-15,26H2,1-2H3,(H,27,29). The molecule has 0 radical (unpaired) electrons. The van der Waals surface area contributed by atoms with Gasteiger partial charge in [0.2, 0.25) is 11.8 Å². The third kappa shape index (κ3) is 5.76. The number of carbonyl (C=O) groups is 2. The van der Waals surface area contributed by atoms with Crippen LogP contribution in [0.2, 0.25) is 5.02 Å². The Labute approximate surface area is 183 Å². The van der Waals surface area contributed by atoms with Crippen molar-refractivity contribution in [1.82, 2.24) is 10.2 Å². The Morgan fingerprint density at radius 2 is 1.67 bits per heavy atom. The zero-order valence-corrected chi connectivity index (χ0v) is 18.4. The normalized spacial score (nSPS) is 15.8. The van der Waals surface area contributed by atoms with Gasteiger partial charge in [-0.1, -0.05) is 49.7 Å². The van der Waals surface area contributed by atoms with E-state index in [0.29, 0.717) is 24.7 Å². The van der Waals surface area contributed by atoms with Crippen molar-refractivity contribution in [2.75, 3.05) is 18.8 Å². The number of rotatable bonds is 6. The van der Waals surface area contributed by atoms with Crippen molar-refractivity contribution in [3.05, 3.63) is 64.7 Å². The van der Waals surface area contributed by atoms with Crippen LogP contribution in [0.1, 0.15) is 43.7 Å². The Morgan fingerprint density at radius 1 is 1.07 bits per heavy atom. The summed E-state index contributed by atoms with van der Waals surface area (Å²) in [4.78, 5) is 27.6. The van der Waals surface area contributed by atoms with Gasteiger partial charge >= 0.3 is 0 Å². The first kappa shape index (κ1) is 22.2. The molecule has 160 valence electrons. The zero-order valence-electron chi connectivity index (χ0n) is 17.6. The Balaban J connectivity index is 1.56. The summed E-state index contributed by atoms with van der Waals surface area (Å²) in [7, 11) is 0. The summed E-state index contributed by atoms with van der Waals surface area (Å²) < 4.78 is 0. The third-order valence-electron chi connectivity index (χ3n) is 5.74. The molecule has 1 fully saturated rings. The van der Waals surface area contributed by atoms with Gasteiger partial charge in [0.15, 0.2) is 0 Å². The van der Waals surface area contributed by atoms with Gasteiger partial charge in [0, 0.05) is 23.8 Å². The maximum Gasteiger partial charge on any atom is 0.245 e. The highest BCUT2D eigenvalue weighted by atomic mass is 35.5. The molecule has 1 unspecified atom stereocenters. The molecule has 1 aliphatic heterocycles. The minimum Gasteiger partial charge on any atom is -0.399 e. The van der Waals surface area contributed by atoms with E-state index in [4.69, 9.17) is 17.3 Å². The second-order valence-electron chi connectivity index (χ2n) is 8.36. The highest BCUT2D eigenvalue weighted by Crippen LogP contribution is 2.29. The summed E-state index contributed by atoms with van der Waals surface area (Å²) in [6.07, 6.45) is 2.06. The number of hydrogen-bond acceptors (Lipinski definition) is 3. The topological polar surface area (TPSA) is 75.4 Å². The number of piperidine rings is 1. The lowest BCUT2D eigenvalue weighted by molar-refractivity contribution is -0.138. The van der Waals surface area contributed by atoms with Gasteiger partial charge in [-0.2, -0.15) is 0 Å². The number of nitrogens with one attached hydrogen (secondary N) is 1. The molecule has 3 rings (SSSR count). The van der Waals surface area contributed by atoms with Gasteiger partial charge in [-0.25, -0.2) is 0 Å². The van der Waals surface area contributed by atoms with Gasteiger partial charge in [0.1, 0.15) is 6.04 Å². The van der Waals surface area contributed by atoms with Gasteiger partial charge in [-0.05, 0) is 60.1 Å². The van der Waals surface area contributed by atoms with Crippen LogP contribution in [0.4, 0.5) is 5.69 Å². The summed E-state index contributed by atoms with van der Waals surface area (Å²) in [6, 6.07) is 14.7. The molecule has 1 atom stereocenters. The van der Waals surface area contributed by atoms with E-state index < -0.39 is 6.04 Å². The molecule has 3 N–H and O–H groups in total. The minimum absolute atomic E-state index is 0.00483. The van der Waals surface area contributed by atoms with E-state index in [1.54, 1.807) is 12.1 Å². The highest BCUT2D eigenvalue weighted by Gasteiger charge is 2.31.